The van der Waals surface area contributed by atoms with Gasteiger partial charge in [0, 0.05) is 30.9 Å². The molecule has 10 nitrogen and oxygen atoms in total. The Bertz CT molecular complexity index is 1260. The van der Waals surface area contributed by atoms with Crippen LogP contribution in [0.15, 0.2) is 47.6 Å². The Labute approximate surface area is 239 Å². The van der Waals surface area contributed by atoms with Gasteiger partial charge < -0.3 is 33.5 Å². The molecule has 41 heavy (non-hydrogen) atoms. The molecule has 4 bridgehead atoms. The van der Waals surface area contributed by atoms with Crippen LogP contribution in [0.2, 0.25) is 0 Å². The van der Waals surface area contributed by atoms with Gasteiger partial charge in [0.25, 0.3) is 0 Å². The van der Waals surface area contributed by atoms with Crippen molar-refractivity contribution in [3.05, 3.63) is 47.6 Å². The molecular formula is C31H38O10. The molecular weight excluding hydrogens is 532 g/mol. The van der Waals surface area contributed by atoms with Gasteiger partial charge in [0.05, 0.1) is 36.9 Å². The van der Waals surface area contributed by atoms with E-state index in [9.17, 15) is 19.5 Å². The SMILES string of the molecule is CC(=O)O[C@@H]1C2=CC(=O)OC[C@]34CCC(C)=CC3OC3C[C@@H](OC(=O)/C=C\C=CC1(C(C)O)OCC2)[C@@]4(C)[C@@]31CO1. The van der Waals surface area contributed by atoms with Crippen molar-refractivity contribution in [1.82, 2.24) is 0 Å². The molecule has 2 aliphatic carbocycles. The molecule has 4 fully saturated rings. The summed E-state index contributed by atoms with van der Waals surface area (Å²) in [5, 5.41) is 10.8. The van der Waals surface area contributed by atoms with Crippen molar-refractivity contribution in [3.63, 3.8) is 0 Å². The van der Waals surface area contributed by atoms with Crippen LogP contribution in [0.4, 0.5) is 0 Å². The van der Waals surface area contributed by atoms with Gasteiger partial charge in [-0.2, -0.15) is 0 Å². The number of cyclic esters (lactones) is 1. The molecule has 1 N–H and O–H groups in total. The van der Waals surface area contributed by atoms with Crippen LogP contribution in [0.5, 0.6) is 0 Å². The standard InChI is InChI=1S/C31H38O10/c1-18-8-11-29-16-36-26(35)14-21-9-12-37-30(19(2)32,27(21)39-20(3)33)10-6-5-7-25(34)41-22-15-24(40-23(29)13-18)31(17-38-31)28(22,29)4/h5-7,10,13-14,19,22-24,27,32H,8-9,11-12,15-17H2,1-4H3/b7-5-,10-6?,21-14?/t19?,22-,23?,24?,27-,28-,29-,30?,31-/m1/s1. The van der Waals surface area contributed by atoms with Crippen molar-refractivity contribution < 1.29 is 47.9 Å². The first kappa shape index (κ1) is 28.3. The molecule has 0 amide bonds. The number of rotatable bonds is 2. The van der Waals surface area contributed by atoms with Crippen LogP contribution in [0.25, 0.3) is 0 Å². The lowest BCUT2D eigenvalue weighted by molar-refractivity contribution is -0.232. The summed E-state index contributed by atoms with van der Waals surface area (Å²) in [5.74, 6) is -1.73. The Kier molecular flexibility index (Phi) is 6.84. The lowest BCUT2D eigenvalue weighted by Crippen LogP contribution is -2.66. The van der Waals surface area contributed by atoms with Gasteiger partial charge in [0.2, 0.25) is 0 Å². The third kappa shape index (κ3) is 4.17. The molecule has 6 rings (SSSR count). The number of hydrogen-bond acceptors (Lipinski definition) is 10. The zero-order valence-corrected chi connectivity index (χ0v) is 23.9. The molecule has 3 saturated heterocycles. The Hall–Kier alpha value is -2.79. The Morgan fingerprint density at radius 1 is 1.12 bits per heavy atom. The number of hydrogen-bond donors (Lipinski definition) is 1. The van der Waals surface area contributed by atoms with Gasteiger partial charge in [-0.1, -0.05) is 30.7 Å². The van der Waals surface area contributed by atoms with Crippen molar-refractivity contribution in [2.24, 2.45) is 10.8 Å². The average molecular weight is 571 g/mol. The third-order valence-electron chi connectivity index (χ3n) is 10.4. The number of carbonyl (C=O) groups is 3. The molecule has 9 atom stereocenters. The molecule has 4 aliphatic heterocycles. The zero-order chi connectivity index (χ0) is 29.2. The molecule has 10 heteroatoms. The quantitative estimate of drug-likeness (QED) is 0.229. The predicted octanol–water partition coefficient (Wildman–Crippen LogP) is 2.64. The normalized spacial score (nSPS) is 45.0. The topological polar surface area (TPSA) is 130 Å². The number of aliphatic hydroxyl groups is 1. The van der Waals surface area contributed by atoms with Crippen LogP contribution in [0.3, 0.4) is 0 Å². The van der Waals surface area contributed by atoms with E-state index in [-0.39, 0.29) is 25.4 Å². The second-order valence-corrected chi connectivity index (χ2v) is 12.4. The molecule has 1 saturated carbocycles. The minimum absolute atomic E-state index is 0.0263. The lowest BCUT2D eigenvalue weighted by Gasteiger charge is -2.58. The summed E-state index contributed by atoms with van der Waals surface area (Å²) in [7, 11) is 0. The van der Waals surface area contributed by atoms with E-state index in [1.807, 2.05) is 0 Å². The van der Waals surface area contributed by atoms with E-state index < -0.39 is 58.3 Å². The number of esters is 3. The minimum atomic E-state index is -1.48. The van der Waals surface area contributed by atoms with Crippen molar-refractivity contribution in [1.29, 1.82) is 0 Å². The summed E-state index contributed by atoms with van der Waals surface area (Å²) in [6, 6.07) is 0. The van der Waals surface area contributed by atoms with Gasteiger partial charge in [0.15, 0.2) is 11.7 Å². The predicted molar refractivity (Wildman–Crippen MR) is 143 cm³/mol. The summed E-state index contributed by atoms with van der Waals surface area (Å²) < 4.78 is 36.6. The molecule has 6 aliphatic rings. The summed E-state index contributed by atoms with van der Waals surface area (Å²) >= 11 is 0. The fourth-order valence-corrected chi connectivity index (χ4v) is 7.98. The second-order valence-electron chi connectivity index (χ2n) is 12.4. The highest BCUT2D eigenvalue weighted by atomic mass is 16.6. The van der Waals surface area contributed by atoms with E-state index in [1.165, 1.54) is 37.6 Å². The molecule has 2 spiro atoms. The molecule has 0 aromatic carbocycles. The van der Waals surface area contributed by atoms with E-state index in [4.69, 9.17) is 28.4 Å². The van der Waals surface area contributed by atoms with Gasteiger partial charge >= 0.3 is 17.9 Å². The highest BCUT2D eigenvalue weighted by Gasteiger charge is 2.83. The fraction of sp³-hybridized carbons (Fsp3) is 0.645. The summed E-state index contributed by atoms with van der Waals surface area (Å²) in [6.45, 7) is 7.61. The van der Waals surface area contributed by atoms with Crippen molar-refractivity contribution >= 4 is 17.9 Å². The van der Waals surface area contributed by atoms with Gasteiger partial charge in [-0.15, -0.1) is 0 Å². The largest absolute Gasteiger partial charge is 0.462 e. The second kappa shape index (κ2) is 9.90. The van der Waals surface area contributed by atoms with Crippen LogP contribution in [0, 0.1) is 10.8 Å². The van der Waals surface area contributed by atoms with Gasteiger partial charge in [-0.25, -0.2) is 9.59 Å². The lowest BCUT2D eigenvalue weighted by atomic mass is 9.51. The average Bonchev–Trinajstić information content (AvgIpc) is 3.69. The van der Waals surface area contributed by atoms with E-state index in [1.54, 1.807) is 12.2 Å². The third-order valence-corrected chi connectivity index (χ3v) is 10.4. The van der Waals surface area contributed by atoms with Crippen LogP contribution >= 0.6 is 0 Å². The maximum Gasteiger partial charge on any atom is 0.331 e. The van der Waals surface area contributed by atoms with Crippen LogP contribution < -0.4 is 0 Å². The molecule has 0 aromatic rings. The first-order valence-corrected chi connectivity index (χ1v) is 14.4. The van der Waals surface area contributed by atoms with E-state index in [0.29, 0.717) is 31.4 Å². The zero-order valence-electron chi connectivity index (χ0n) is 23.9. The smallest absolute Gasteiger partial charge is 0.331 e. The highest BCUT2D eigenvalue weighted by Crippen LogP contribution is 2.72. The van der Waals surface area contributed by atoms with E-state index in [2.05, 4.69) is 19.9 Å². The first-order valence-electron chi connectivity index (χ1n) is 14.4. The number of ether oxygens (including phenoxy) is 6. The van der Waals surface area contributed by atoms with E-state index >= 15 is 0 Å². The maximum absolute atomic E-state index is 13.5. The maximum atomic E-state index is 13.5. The Balaban J connectivity index is 1.45. The minimum Gasteiger partial charge on any atom is -0.462 e. The summed E-state index contributed by atoms with van der Waals surface area (Å²) in [6.07, 6.45) is 8.28. The van der Waals surface area contributed by atoms with Gasteiger partial charge in [-0.3, -0.25) is 4.79 Å². The van der Waals surface area contributed by atoms with Gasteiger partial charge in [0.1, 0.15) is 18.3 Å². The Morgan fingerprint density at radius 2 is 1.90 bits per heavy atom. The fourth-order valence-electron chi connectivity index (χ4n) is 7.98. The van der Waals surface area contributed by atoms with Crippen molar-refractivity contribution in [2.45, 2.75) is 95.1 Å². The number of aliphatic hydroxyl groups excluding tert-OH is 1. The van der Waals surface area contributed by atoms with Crippen LogP contribution in [-0.2, 0) is 42.8 Å². The van der Waals surface area contributed by atoms with E-state index in [0.717, 1.165) is 6.42 Å². The monoisotopic (exact) mass is 570 g/mol. The van der Waals surface area contributed by atoms with Crippen LogP contribution in [0.1, 0.15) is 53.4 Å². The van der Waals surface area contributed by atoms with Crippen molar-refractivity contribution in [2.75, 3.05) is 19.8 Å². The number of fused-ring (bicyclic) bond motifs is 2. The molecule has 222 valence electrons. The summed E-state index contributed by atoms with van der Waals surface area (Å²) in [4.78, 5) is 38.8. The van der Waals surface area contributed by atoms with Crippen molar-refractivity contribution in [3.8, 4) is 0 Å². The summed E-state index contributed by atoms with van der Waals surface area (Å²) in [5.41, 5.74) is -1.81. The Morgan fingerprint density at radius 3 is 2.61 bits per heavy atom. The molecule has 0 radical (unpaired) electrons. The first-order chi connectivity index (χ1) is 19.5. The molecule has 4 heterocycles. The molecule has 0 aromatic heterocycles. The highest BCUT2D eigenvalue weighted by molar-refractivity contribution is 5.84. The number of carbonyl (C=O) groups excluding carboxylic acids is 3. The molecule has 4 unspecified atom stereocenters. The number of epoxide rings is 1. The number of allylic oxidation sites excluding steroid dienone is 3. The van der Waals surface area contributed by atoms with Gasteiger partial charge in [-0.05, 0) is 44.8 Å². The van der Waals surface area contributed by atoms with Crippen LogP contribution in [-0.4, -0.2) is 84.6 Å².